The van der Waals surface area contributed by atoms with Crippen molar-refractivity contribution < 1.29 is 9.18 Å². The van der Waals surface area contributed by atoms with Gasteiger partial charge in [-0.2, -0.15) is 0 Å². The Morgan fingerprint density at radius 2 is 2.03 bits per heavy atom. The van der Waals surface area contributed by atoms with Gasteiger partial charge < -0.3 is 9.88 Å². The molecule has 0 atom stereocenters. The lowest BCUT2D eigenvalue weighted by Gasteiger charge is -2.22. The number of carbonyl (C=O) groups excluding carboxylic acids is 1. The predicted octanol–water partition coefficient (Wildman–Crippen LogP) is 4.91. The van der Waals surface area contributed by atoms with E-state index >= 15 is 0 Å². The zero-order valence-corrected chi connectivity index (χ0v) is 18.3. The van der Waals surface area contributed by atoms with Crippen molar-refractivity contribution in [2.75, 3.05) is 0 Å². The molecule has 1 aromatic carbocycles. The van der Waals surface area contributed by atoms with E-state index in [1.807, 2.05) is 17.5 Å². The van der Waals surface area contributed by atoms with E-state index in [1.54, 1.807) is 33.6 Å². The number of hydrogen-bond acceptors (Lipinski definition) is 5. The van der Waals surface area contributed by atoms with Crippen LogP contribution in [0.1, 0.15) is 44.3 Å². The number of thiophene rings is 2. The Balaban J connectivity index is 1.50. The number of halogens is 1. The van der Waals surface area contributed by atoms with Gasteiger partial charge in [0.15, 0.2) is 0 Å². The second-order valence-corrected chi connectivity index (χ2v) is 9.77. The molecule has 0 fully saturated rings. The van der Waals surface area contributed by atoms with Crippen LogP contribution in [-0.2, 0) is 25.9 Å². The minimum atomic E-state index is -0.459. The van der Waals surface area contributed by atoms with E-state index in [1.165, 1.54) is 23.1 Å². The van der Waals surface area contributed by atoms with Crippen LogP contribution in [0.25, 0.3) is 10.2 Å². The average molecular weight is 454 g/mol. The number of aryl methyl sites for hydroxylation is 2. The largest absolute Gasteiger partial charge is 0.326 e. The Morgan fingerprint density at radius 1 is 1.16 bits per heavy atom. The van der Waals surface area contributed by atoms with Gasteiger partial charge in [0.25, 0.3) is 11.5 Å². The van der Waals surface area contributed by atoms with Crippen LogP contribution in [0.2, 0.25) is 0 Å². The van der Waals surface area contributed by atoms with Gasteiger partial charge in [-0.05, 0) is 60.9 Å². The fourth-order valence-corrected chi connectivity index (χ4v) is 6.06. The zero-order chi connectivity index (χ0) is 21.4. The lowest BCUT2D eigenvalue weighted by molar-refractivity contribution is 0.0727. The van der Waals surface area contributed by atoms with E-state index in [9.17, 15) is 14.0 Å². The van der Waals surface area contributed by atoms with Crippen LogP contribution < -0.4 is 5.56 Å². The van der Waals surface area contributed by atoms with Crippen molar-refractivity contribution in [3.05, 3.63) is 84.7 Å². The molecule has 158 valence electrons. The van der Waals surface area contributed by atoms with Crippen LogP contribution >= 0.6 is 22.7 Å². The fourth-order valence-electron chi connectivity index (χ4n) is 4.06. The summed E-state index contributed by atoms with van der Waals surface area (Å²) in [6, 6.07) is 9.53. The molecule has 5 rings (SSSR count). The lowest BCUT2D eigenvalue weighted by atomic mass is 9.97. The molecule has 8 heteroatoms. The molecular weight excluding hydrogens is 433 g/mol. The molecule has 3 heterocycles. The third-order valence-electron chi connectivity index (χ3n) is 5.50. The zero-order valence-electron chi connectivity index (χ0n) is 16.7. The predicted molar refractivity (Wildman–Crippen MR) is 121 cm³/mol. The summed E-state index contributed by atoms with van der Waals surface area (Å²) < 4.78 is 13.7. The van der Waals surface area contributed by atoms with Gasteiger partial charge in [0.1, 0.15) is 16.5 Å². The SMILES string of the molecule is O=C(c1cccc(F)c1)N(Cc1nc2sc3c(c2c(=O)[nH]1)CCCC3)Cc1cccs1. The van der Waals surface area contributed by atoms with E-state index in [0.29, 0.717) is 17.8 Å². The minimum Gasteiger partial charge on any atom is -0.326 e. The summed E-state index contributed by atoms with van der Waals surface area (Å²) in [5.41, 5.74) is 1.26. The first-order valence-corrected chi connectivity index (χ1v) is 11.9. The van der Waals surface area contributed by atoms with Crippen molar-refractivity contribution in [1.29, 1.82) is 0 Å². The van der Waals surface area contributed by atoms with Crippen LogP contribution in [0.5, 0.6) is 0 Å². The number of nitrogens with one attached hydrogen (secondary N) is 1. The van der Waals surface area contributed by atoms with E-state index in [4.69, 9.17) is 4.98 Å². The van der Waals surface area contributed by atoms with Crippen molar-refractivity contribution in [2.24, 2.45) is 0 Å². The summed E-state index contributed by atoms with van der Waals surface area (Å²) >= 11 is 3.13. The average Bonchev–Trinajstić information content (AvgIpc) is 3.40. The number of aromatic nitrogens is 2. The molecule has 0 bridgehead atoms. The number of hydrogen-bond donors (Lipinski definition) is 1. The Bertz CT molecular complexity index is 1310. The van der Waals surface area contributed by atoms with Gasteiger partial charge in [0.05, 0.1) is 18.5 Å². The highest BCUT2D eigenvalue weighted by Crippen LogP contribution is 2.33. The number of nitrogens with zero attached hydrogens (tertiary/aromatic N) is 2. The van der Waals surface area contributed by atoms with Crippen LogP contribution in [0.3, 0.4) is 0 Å². The van der Waals surface area contributed by atoms with Gasteiger partial charge in [-0.15, -0.1) is 22.7 Å². The van der Waals surface area contributed by atoms with E-state index in [-0.39, 0.29) is 23.6 Å². The first-order chi connectivity index (χ1) is 15.1. The number of H-pyrrole nitrogens is 1. The van der Waals surface area contributed by atoms with Gasteiger partial charge in [-0.1, -0.05) is 12.1 Å². The number of rotatable bonds is 5. The van der Waals surface area contributed by atoms with E-state index in [2.05, 4.69) is 4.98 Å². The molecule has 0 radical (unpaired) electrons. The van der Waals surface area contributed by atoms with Gasteiger partial charge >= 0.3 is 0 Å². The summed E-state index contributed by atoms with van der Waals surface area (Å²) in [4.78, 5) is 38.2. The number of amides is 1. The van der Waals surface area contributed by atoms with Gasteiger partial charge in [-0.25, -0.2) is 9.37 Å². The van der Waals surface area contributed by atoms with Gasteiger partial charge in [-0.3, -0.25) is 9.59 Å². The molecule has 31 heavy (non-hydrogen) atoms. The Morgan fingerprint density at radius 3 is 2.84 bits per heavy atom. The molecule has 0 unspecified atom stereocenters. The summed E-state index contributed by atoms with van der Waals surface area (Å²) in [6.07, 6.45) is 4.15. The monoisotopic (exact) mass is 453 g/mol. The Kier molecular flexibility index (Phi) is 5.41. The summed E-state index contributed by atoms with van der Waals surface area (Å²) in [7, 11) is 0. The lowest BCUT2D eigenvalue weighted by Crippen LogP contribution is -2.31. The highest BCUT2D eigenvalue weighted by Gasteiger charge is 2.22. The smallest absolute Gasteiger partial charge is 0.259 e. The van der Waals surface area contributed by atoms with E-state index < -0.39 is 5.82 Å². The molecule has 1 aliphatic rings. The number of fused-ring (bicyclic) bond motifs is 3. The third-order valence-corrected chi connectivity index (χ3v) is 7.55. The fraction of sp³-hybridized carbons (Fsp3) is 0.261. The van der Waals surface area contributed by atoms with Gasteiger partial charge in [0, 0.05) is 15.3 Å². The maximum atomic E-state index is 13.7. The van der Waals surface area contributed by atoms with Crippen molar-refractivity contribution >= 4 is 38.8 Å². The maximum Gasteiger partial charge on any atom is 0.259 e. The summed E-state index contributed by atoms with van der Waals surface area (Å²) in [5.74, 6) is -0.322. The number of benzene rings is 1. The summed E-state index contributed by atoms with van der Waals surface area (Å²) in [5, 5.41) is 2.65. The molecule has 5 nitrogen and oxygen atoms in total. The summed E-state index contributed by atoms with van der Waals surface area (Å²) in [6.45, 7) is 0.497. The molecule has 0 saturated carbocycles. The molecule has 1 aliphatic carbocycles. The normalized spacial score (nSPS) is 13.3. The second kappa shape index (κ2) is 8.36. The Hall–Kier alpha value is -2.84. The molecule has 0 saturated heterocycles. The first kappa shape index (κ1) is 20.1. The highest BCUT2D eigenvalue weighted by molar-refractivity contribution is 7.18. The van der Waals surface area contributed by atoms with Crippen LogP contribution in [0.4, 0.5) is 4.39 Å². The van der Waals surface area contributed by atoms with Crippen molar-refractivity contribution in [3.8, 4) is 0 Å². The molecule has 1 N–H and O–H groups in total. The molecule has 0 aliphatic heterocycles. The maximum absolute atomic E-state index is 13.7. The van der Waals surface area contributed by atoms with Crippen molar-refractivity contribution in [3.63, 3.8) is 0 Å². The highest BCUT2D eigenvalue weighted by atomic mass is 32.1. The second-order valence-electron chi connectivity index (χ2n) is 7.65. The van der Waals surface area contributed by atoms with E-state index in [0.717, 1.165) is 41.0 Å². The van der Waals surface area contributed by atoms with Crippen molar-refractivity contribution in [2.45, 2.75) is 38.8 Å². The molecule has 3 aromatic heterocycles. The molecule has 4 aromatic rings. The van der Waals surface area contributed by atoms with Crippen molar-refractivity contribution in [1.82, 2.24) is 14.9 Å². The van der Waals surface area contributed by atoms with Gasteiger partial charge in [0.2, 0.25) is 0 Å². The molecular formula is C23H20FN3O2S2. The van der Waals surface area contributed by atoms with Crippen LogP contribution in [0, 0.1) is 5.82 Å². The molecule has 1 amide bonds. The molecule has 0 spiro atoms. The number of carbonyl (C=O) groups is 1. The minimum absolute atomic E-state index is 0.140. The Labute approximate surface area is 186 Å². The van der Waals surface area contributed by atoms with Crippen LogP contribution in [-0.4, -0.2) is 20.8 Å². The first-order valence-electron chi connectivity index (χ1n) is 10.2. The third kappa shape index (κ3) is 4.05. The quantitative estimate of drug-likeness (QED) is 0.467. The topological polar surface area (TPSA) is 66.1 Å². The number of aromatic amines is 1. The standard InChI is InChI=1S/C23H20FN3O2S2/c24-15-6-3-5-14(11-15)23(29)27(12-16-7-4-10-30-16)13-19-25-21(28)20-17-8-1-2-9-18(17)31-22(20)26-19/h3-7,10-11H,1-2,8-9,12-13H2,(H,25,26,28). The van der Waals surface area contributed by atoms with Crippen LogP contribution in [0.15, 0.2) is 46.6 Å².